The van der Waals surface area contributed by atoms with E-state index in [1.165, 1.54) is 11.3 Å². The van der Waals surface area contributed by atoms with Crippen LogP contribution in [0.2, 0.25) is 0 Å². The zero-order chi connectivity index (χ0) is 13.3. The van der Waals surface area contributed by atoms with Gasteiger partial charge in [-0.2, -0.15) is 5.26 Å². The molecule has 0 bridgehead atoms. The number of fused-ring (bicyclic) bond motifs is 1. The molecule has 18 heavy (non-hydrogen) atoms. The molecule has 0 saturated heterocycles. The van der Waals surface area contributed by atoms with E-state index in [4.69, 9.17) is 5.26 Å². The lowest BCUT2D eigenvalue weighted by Crippen LogP contribution is -2.29. The normalized spacial score (nSPS) is 11.2. The van der Waals surface area contributed by atoms with Crippen molar-refractivity contribution in [3.05, 3.63) is 23.8 Å². The fraction of sp³-hybridized carbons (Fsp3) is 0.308. The quantitative estimate of drug-likeness (QED) is 0.901. The van der Waals surface area contributed by atoms with Crippen LogP contribution in [-0.4, -0.2) is 10.9 Å². The summed E-state index contributed by atoms with van der Waals surface area (Å²) in [6, 6.07) is 7.90. The van der Waals surface area contributed by atoms with Gasteiger partial charge >= 0.3 is 0 Å². The summed E-state index contributed by atoms with van der Waals surface area (Å²) in [5.74, 6) is -0.333. The van der Waals surface area contributed by atoms with E-state index in [2.05, 4.69) is 10.3 Å². The van der Waals surface area contributed by atoms with Gasteiger partial charge in [-0.1, -0.05) is 17.4 Å². The van der Waals surface area contributed by atoms with Crippen LogP contribution in [0.3, 0.4) is 0 Å². The van der Waals surface area contributed by atoms with E-state index in [9.17, 15) is 4.79 Å². The Bertz CT molecular complexity index is 652. The van der Waals surface area contributed by atoms with Gasteiger partial charge in [-0.3, -0.25) is 4.79 Å². The van der Waals surface area contributed by atoms with Crippen LogP contribution in [0.15, 0.2) is 18.2 Å². The van der Waals surface area contributed by atoms with E-state index in [1.807, 2.05) is 31.2 Å². The third-order valence-corrected chi connectivity index (χ3v) is 3.55. The van der Waals surface area contributed by atoms with Gasteiger partial charge in [-0.05, 0) is 38.5 Å². The molecular formula is C13H13N3OS. The van der Waals surface area contributed by atoms with Gasteiger partial charge in [0.1, 0.15) is 5.41 Å². The number of hydrogen-bond donors (Lipinski definition) is 1. The first kappa shape index (κ1) is 12.5. The number of nitriles is 1. The highest BCUT2D eigenvalue weighted by Crippen LogP contribution is 2.28. The highest BCUT2D eigenvalue weighted by Gasteiger charge is 2.27. The number of carbonyl (C=O) groups excluding carboxylic acids is 1. The molecule has 0 saturated carbocycles. The van der Waals surface area contributed by atoms with Gasteiger partial charge in [0.2, 0.25) is 5.91 Å². The Hall–Kier alpha value is -1.93. The van der Waals surface area contributed by atoms with E-state index in [-0.39, 0.29) is 5.91 Å². The van der Waals surface area contributed by atoms with E-state index < -0.39 is 5.41 Å². The number of hydrogen-bond acceptors (Lipinski definition) is 4. The number of aromatic nitrogens is 1. The molecule has 0 aliphatic heterocycles. The summed E-state index contributed by atoms with van der Waals surface area (Å²) in [7, 11) is 0. The number of nitrogens with zero attached hydrogens (tertiary/aromatic N) is 2. The van der Waals surface area contributed by atoms with E-state index in [0.29, 0.717) is 5.13 Å². The Labute approximate surface area is 109 Å². The maximum Gasteiger partial charge on any atom is 0.246 e. The second-order valence-corrected chi connectivity index (χ2v) is 5.71. The van der Waals surface area contributed by atoms with Gasteiger partial charge < -0.3 is 5.32 Å². The Morgan fingerprint density at radius 1 is 1.50 bits per heavy atom. The predicted octanol–water partition coefficient (Wildman–Crippen LogP) is 3.09. The summed E-state index contributed by atoms with van der Waals surface area (Å²) in [4.78, 5) is 16.2. The van der Waals surface area contributed by atoms with Crippen molar-refractivity contribution in [3.8, 4) is 6.07 Å². The van der Waals surface area contributed by atoms with Crippen molar-refractivity contribution in [3.63, 3.8) is 0 Å². The average Bonchev–Trinajstić information content (AvgIpc) is 2.70. The van der Waals surface area contributed by atoms with Gasteiger partial charge in [0, 0.05) is 0 Å². The van der Waals surface area contributed by atoms with Crippen LogP contribution < -0.4 is 5.32 Å². The van der Waals surface area contributed by atoms with Gasteiger partial charge in [0.15, 0.2) is 5.13 Å². The highest BCUT2D eigenvalue weighted by molar-refractivity contribution is 7.22. The Kier molecular flexibility index (Phi) is 3.05. The van der Waals surface area contributed by atoms with Crippen molar-refractivity contribution in [2.24, 2.45) is 5.41 Å². The molecule has 5 heteroatoms. The van der Waals surface area contributed by atoms with Gasteiger partial charge in [0.05, 0.1) is 16.3 Å². The molecule has 0 spiro atoms. The molecule has 0 aliphatic carbocycles. The standard InChI is InChI=1S/C13H13N3OS/c1-8-4-5-9-10(6-8)18-12(15-9)16-11(17)13(2,3)7-14/h4-6H,1-3H3,(H,15,16,17). The van der Waals surface area contributed by atoms with Crippen molar-refractivity contribution in [2.75, 3.05) is 5.32 Å². The van der Waals surface area contributed by atoms with E-state index >= 15 is 0 Å². The number of aryl methyl sites for hydroxylation is 1. The smallest absolute Gasteiger partial charge is 0.246 e. The molecule has 0 fully saturated rings. The third kappa shape index (κ3) is 2.34. The molecule has 0 aliphatic rings. The molecule has 1 N–H and O–H groups in total. The van der Waals surface area contributed by atoms with Gasteiger partial charge in [-0.25, -0.2) is 4.98 Å². The molecule has 1 aromatic heterocycles. The van der Waals surface area contributed by atoms with Crippen LogP contribution in [0.1, 0.15) is 19.4 Å². The number of benzene rings is 1. The number of nitrogens with one attached hydrogen (secondary N) is 1. The average molecular weight is 259 g/mol. The zero-order valence-corrected chi connectivity index (χ0v) is 11.3. The predicted molar refractivity (Wildman–Crippen MR) is 72.4 cm³/mol. The summed E-state index contributed by atoms with van der Waals surface area (Å²) in [6.45, 7) is 5.18. The summed E-state index contributed by atoms with van der Waals surface area (Å²) < 4.78 is 1.03. The van der Waals surface area contributed by atoms with Crippen molar-refractivity contribution in [1.82, 2.24) is 4.98 Å². The summed E-state index contributed by atoms with van der Waals surface area (Å²) >= 11 is 1.41. The number of anilines is 1. The van der Waals surface area contributed by atoms with Gasteiger partial charge in [0.25, 0.3) is 0 Å². The van der Waals surface area contributed by atoms with Crippen molar-refractivity contribution in [2.45, 2.75) is 20.8 Å². The summed E-state index contributed by atoms with van der Waals surface area (Å²) in [5.41, 5.74) is 0.963. The Morgan fingerprint density at radius 3 is 2.89 bits per heavy atom. The fourth-order valence-electron chi connectivity index (χ4n) is 1.39. The number of carbonyl (C=O) groups is 1. The molecule has 0 radical (unpaired) electrons. The highest BCUT2D eigenvalue weighted by atomic mass is 32.1. The minimum Gasteiger partial charge on any atom is -0.301 e. The summed E-state index contributed by atoms with van der Waals surface area (Å²) in [5, 5.41) is 12.1. The minimum atomic E-state index is -1.05. The topological polar surface area (TPSA) is 65.8 Å². The molecule has 1 heterocycles. The Balaban J connectivity index is 2.28. The lowest BCUT2D eigenvalue weighted by atomic mass is 9.95. The molecule has 92 valence electrons. The lowest BCUT2D eigenvalue weighted by Gasteiger charge is -2.12. The maximum absolute atomic E-state index is 11.8. The molecule has 1 aromatic carbocycles. The van der Waals surface area contributed by atoms with Crippen molar-refractivity contribution >= 4 is 32.6 Å². The van der Waals surface area contributed by atoms with Crippen LogP contribution in [0.5, 0.6) is 0 Å². The first-order chi connectivity index (χ1) is 8.42. The molecule has 0 atom stereocenters. The lowest BCUT2D eigenvalue weighted by molar-refractivity contribution is -0.121. The van der Waals surface area contributed by atoms with Crippen LogP contribution in [-0.2, 0) is 4.79 Å². The molecule has 2 rings (SSSR count). The Morgan fingerprint density at radius 2 is 2.22 bits per heavy atom. The summed E-state index contributed by atoms with van der Waals surface area (Å²) in [6.07, 6.45) is 0. The molecule has 4 nitrogen and oxygen atoms in total. The monoisotopic (exact) mass is 259 g/mol. The first-order valence-corrected chi connectivity index (χ1v) is 6.34. The third-order valence-electron chi connectivity index (χ3n) is 2.61. The number of rotatable bonds is 2. The molecular weight excluding hydrogens is 246 g/mol. The minimum absolute atomic E-state index is 0.333. The SMILES string of the molecule is Cc1ccc2nc(NC(=O)C(C)(C)C#N)sc2c1. The van der Waals surface area contributed by atoms with Crippen LogP contribution in [0, 0.1) is 23.7 Å². The maximum atomic E-state index is 11.8. The zero-order valence-electron chi connectivity index (χ0n) is 10.4. The second-order valence-electron chi connectivity index (χ2n) is 4.68. The molecule has 1 amide bonds. The largest absolute Gasteiger partial charge is 0.301 e. The van der Waals surface area contributed by atoms with E-state index in [1.54, 1.807) is 13.8 Å². The van der Waals surface area contributed by atoms with Crippen molar-refractivity contribution < 1.29 is 4.79 Å². The van der Waals surface area contributed by atoms with Crippen LogP contribution in [0.25, 0.3) is 10.2 Å². The second kappa shape index (κ2) is 4.39. The fourth-order valence-corrected chi connectivity index (χ4v) is 2.35. The van der Waals surface area contributed by atoms with Crippen LogP contribution >= 0.6 is 11.3 Å². The molecule has 2 aromatic rings. The molecule has 0 unspecified atom stereocenters. The first-order valence-electron chi connectivity index (χ1n) is 5.52. The number of thiazole rings is 1. The number of amides is 1. The van der Waals surface area contributed by atoms with E-state index in [0.717, 1.165) is 15.8 Å². The van der Waals surface area contributed by atoms with Gasteiger partial charge in [-0.15, -0.1) is 0 Å². The van der Waals surface area contributed by atoms with Crippen molar-refractivity contribution in [1.29, 1.82) is 5.26 Å². The van der Waals surface area contributed by atoms with Crippen LogP contribution in [0.4, 0.5) is 5.13 Å².